The molecule has 1 saturated heterocycles. The molecule has 0 unspecified atom stereocenters. The summed E-state index contributed by atoms with van der Waals surface area (Å²) in [5.74, 6) is 1.29. The molecule has 0 saturated carbocycles. The molecular weight excluding hydrogens is 278 g/mol. The number of nitrogens with zero attached hydrogens (tertiary/aromatic N) is 1. The number of carbonyl (C=O) groups excluding carboxylic acids is 1. The fourth-order valence-electron chi connectivity index (χ4n) is 2.63. The van der Waals surface area contributed by atoms with Gasteiger partial charge in [-0.1, -0.05) is 11.6 Å². The van der Waals surface area contributed by atoms with Crippen LogP contribution in [-0.2, 0) is 0 Å². The van der Waals surface area contributed by atoms with Crippen molar-refractivity contribution in [2.45, 2.75) is 25.4 Å². The van der Waals surface area contributed by atoms with E-state index >= 15 is 0 Å². The molecule has 1 fully saturated rings. The maximum Gasteiger partial charge on any atom is 0.170 e. The molecule has 0 N–H and O–H groups in total. The Kier molecular flexibility index (Phi) is 3.85. The van der Waals surface area contributed by atoms with Gasteiger partial charge in [0.15, 0.2) is 5.78 Å². The quantitative estimate of drug-likeness (QED) is 0.841. The zero-order valence-electron chi connectivity index (χ0n) is 11.5. The average Bonchev–Trinajstić information content (AvgIpc) is 2.43. The topological polar surface area (TPSA) is 38.8 Å². The molecule has 0 aliphatic carbocycles. The summed E-state index contributed by atoms with van der Waals surface area (Å²) in [6.07, 6.45) is 2.58. The average molecular weight is 296 g/mol. The molecule has 20 heavy (non-hydrogen) atoms. The largest absolute Gasteiger partial charge is 0.492 e. The number of likely N-dealkylation sites (tertiary alicyclic amines) is 1. The van der Waals surface area contributed by atoms with Gasteiger partial charge in [0.2, 0.25) is 0 Å². The van der Waals surface area contributed by atoms with Gasteiger partial charge >= 0.3 is 0 Å². The van der Waals surface area contributed by atoms with Crippen LogP contribution in [0.1, 0.15) is 29.6 Å². The zero-order valence-corrected chi connectivity index (χ0v) is 12.3. The summed E-state index contributed by atoms with van der Waals surface area (Å²) in [5.41, 5.74) is 0.567. The molecule has 0 amide bonds. The van der Waals surface area contributed by atoms with Gasteiger partial charge in [0.25, 0.3) is 0 Å². The maximum atomic E-state index is 11.8. The van der Waals surface area contributed by atoms with E-state index in [-0.39, 0.29) is 11.9 Å². The third-order valence-corrected chi connectivity index (χ3v) is 4.18. The molecular formula is C15H18ClNO3. The Hall–Kier alpha value is -1.26. The molecule has 0 atom stereocenters. The van der Waals surface area contributed by atoms with Gasteiger partial charge in [-0.25, -0.2) is 0 Å². The second-order valence-electron chi connectivity index (χ2n) is 5.42. The van der Waals surface area contributed by atoms with Crippen molar-refractivity contribution in [3.63, 3.8) is 0 Å². The fourth-order valence-corrected chi connectivity index (χ4v) is 2.84. The molecule has 0 bridgehead atoms. The Labute approximate surface area is 123 Å². The Bertz CT molecular complexity index is 524. The minimum atomic E-state index is 0.0824. The van der Waals surface area contributed by atoms with E-state index in [9.17, 15) is 4.79 Å². The van der Waals surface area contributed by atoms with Crippen LogP contribution < -0.4 is 9.47 Å². The Balaban J connectivity index is 1.78. The summed E-state index contributed by atoms with van der Waals surface area (Å²) in [4.78, 5) is 14.1. The van der Waals surface area contributed by atoms with Crippen LogP contribution in [0.3, 0.4) is 0 Å². The lowest BCUT2D eigenvalue weighted by atomic mass is 10.0. The standard InChI is InChI=1S/C15H18ClNO3/c1-17-5-2-10(3-6-17)20-15-9-14-11(8-12(15)16)13(18)4-7-19-14/h8-10H,2-7H2,1H3. The summed E-state index contributed by atoms with van der Waals surface area (Å²) in [5, 5.41) is 0.488. The summed E-state index contributed by atoms with van der Waals surface area (Å²) in [6, 6.07) is 3.43. The van der Waals surface area contributed by atoms with E-state index in [1.54, 1.807) is 12.1 Å². The first-order chi connectivity index (χ1) is 9.63. The Morgan fingerprint density at radius 3 is 2.85 bits per heavy atom. The van der Waals surface area contributed by atoms with E-state index < -0.39 is 0 Å². The first-order valence-electron chi connectivity index (χ1n) is 6.98. The number of ether oxygens (including phenoxy) is 2. The minimum absolute atomic E-state index is 0.0824. The van der Waals surface area contributed by atoms with Crippen LogP contribution in [-0.4, -0.2) is 43.5 Å². The van der Waals surface area contributed by atoms with Crippen LogP contribution in [0.4, 0.5) is 0 Å². The number of hydrogen-bond donors (Lipinski definition) is 0. The summed E-state index contributed by atoms with van der Waals surface area (Å²) in [7, 11) is 2.11. The SMILES string of the molecule is CN1CCC(Oc2cc3c(cc2Cl)C(=O)CCO3)CC1. The summed E-state index contributed by atoms with van der Waals surface area (Å²) >= 11 is 6.23. The van der Waals surface area contributed by atoms with Gasteiger partial charge in [-0.15, -0.1) is 0 Å². The summed E-state index contributed by atoms with van der Waals surface area (Å²) in [6.45, 7) is 2.49. The molecule has 4 nitrogen and oxygen atoms in total. The predicted molar refractivity (Wildman–Crippen MR) is 77.0 cm³/mol. The molecule has 0 radical (unpaired) electrons. The third-order valence-electron chi connectivity index (χ3n) is 3.88. The molecule has 3 rings (SSSR count). The predicted octanol–water partition coefficient (Wildman–Crippen LogP) is 2.78. The minimum Gasteiger partial charge on any atom is -0.492 e. The lowest BCUT2D eigenvalue weighted by Gasteiger charge is -2.30. The molecule has 1 aromatic carbocycles. The van der Waals surface area contributed by atoms with Gasteiger partial charge in [0.05, 0.1) is 17.2 Å². The van der Waals surface area contributed by atoms with E-state index in [0.29, 0.717) is 35.1 Å². The van der Waals surface area contributed by atoms with Crippen molar-refractivity contribution >= 4 is 17.4 Å². The second-order valence-corrected chi connectivity index (χ2v) is 5.83. The normalized spacial score (nSPS) is 20.4. The van der Waals surface area contributed by atoms with Crippen LogP contribution in [0.15, 0.2) is 12.1 Å². The Morgan fingerprint density at radius 1 is 1.35 bits per heavy atom. The van der Waals surface area contributed by atoms with Gasteiger partial charge in [-0.3, -0.25) is 4.79 Å². The second kappa shape index (κ2) is 5.62. The molecule has 2 aliphatic rings. The molecule has 0 aromatic heterocycles. The third kappa shape index (κ3) is 2.76. The number of Topliss-reactive ketones (excluding diaryl/α,β-unsaturated/α-hetero) is 1. The van der Waals surface area contributed by atoms with Crippen molar-refractivity contribution in [2.75, 3.05) is 26.7 Å². The van der Waals surface area contributed by atoms with Crippen molar-refractivity contribution in [3.05, 3.63) is 22.7 Å². The number of ketones is 1. The molecule has 5 heteroatoms. The molecule has 108 valence electrons. The van der Waals surface area contributed by atoms with Crippen LogP contribution in [0.5, 0.6) is 11.5 Å². The van der Waals surface area contributed by atoms with E-state index in [4.69, 9.17) is 21.1 Å². The highest BCUT2D eigenvalue weighted by Crippen LogP contribution is 2.36. The van der Waals surface area contributed by atoms with Crippen molar-refractivity contribution in [1.82, 2.24) is 4.90 Å². The molecule has 2 heterocycles. The monoisotopic (exact) mass is 295 g/mol. The van der Waals surface area contributed by atoms with Crippen molar-refractivity contribution in [2.24, 2.45) is 0 Å². The lowest BCUT2D eigenvalue weighted by Crippen LogP contribution is -2.35. The zero-order chi connectivity index (χ0) is 14.1. The fraction of sp³-hybridized carbons (Fsp3) is 0.533. The van der Waals surface area contributed by atoms with Gasteiger partial charge in [0, 0.05) is 25.6 Å². The van der Waals surface area contributed by atoms with Crippen molar-refractivity contribution in [1.29, 1.82) is 0 Å². The number of hydrogen-bond acceptors (Lipinski definition) is 4. The van der Waals surface area contributed by atoms with E-state index in [2.05, 4.69) is 11.9 Å². The van der Waals surface area contributed by atoms with E-state index in [1.165, 1.54) is 0 Å². The summed E-state index contributed by atoms with van der Waals surface area (Å²) < 4.78 is 11.5. The maximum absolute atomic E-state index is 11.8. The number of benzene rings is 1. The number of carbonyl (C=O) groups is 1. The highest BCUT2D eigenvalue weighted by molar-refractivity contribution is 6.32. The smallest absolute Gasteiger partial charge is 0.170 e. The Morgan fingerprint density at radius 2 is 2.10 bits per heavy atom. The molecule has 1 aromatic rings. The number of fused-ring (bicyclic) bond motifs is 1. The molecule has 0 spiro atoms. The van der Waals surface area contributed by atoms with E-state index in [1.807, 2.05) is 0 Å². The molecule has 2 aliphatic heterocycles. The van der Waals surface area contributed by atoms with Crippen LogP contribution in [0.2, 0.25) is 5.02 Å². The van der Waals surface area contributed by atoms with Gasteiger partial charge in [-0.05, 0) is 26.0 Å². The number of rotatable bonds is 2. The van der Waals surface area contributed by atoms with Crippen molar-refractivity contribution in [3.8, 4) is 11.5 Å². The van der Waals surface area contributed by atoms with E-state index in [0.717, 1.165) is 25.9 Å². The van der Waals surface area contributed by atoms with Crippen LogP contribution in [0.25, 0.3) is 0 Å². The van der Waals surface area contributed by atoms with Gasteiger partial charge in [0.1, 0.15) is 17.6 Å². The van der Waals surface area contributed by atoms with Crippen molar-refractivity contribution < 1.29 is 14.3 Å². The number of halogens is 1. The first kappa shape index (κ1) is 13.7. The van der Waals surface area contributed by atoms with Gasteiger partial charge < -0.3 is 14.4 Å². The van der Waals surface area contributed by atoms with Crippen LogP contribution in [0, 0.1) is 0 Å². The first-order valence-corrected chi connectivity index (χ1v) is 7.36. The van der Waals surface area contributed by atoms with Gasteiger partial charge in [-0.2, -0.15) is 0 Å². The number of piperidine rings is 1. The lowest BCUT2D eigenvalue weighted by molar-refractivity contribution is 0.0931. The highest BCUT2D eigenvalue weighted by Gasteiger charge is 2.23. The highest BCUT2D eigenvalue weighted by atomic mass is 35.5. The van der Waals surface area contributed by atoms with Crippen LogP contribution >= 0.6 is 11.6 Å².